The van der Waals surface area contributed by atoms with Crippen molar-refractivity contribution in [3.05, 3.63) is 23.3 Å². The molecule has 1 aromatic carbocycles. The van der Waals surface area contributed by atoms with Gasteiger partial charge in [0.1, 0.15) is 0 Å². The van der Waals surface area contributed by atoms with Crippen LogP contribution in [0.4, 0.5) is 10.5 Å². The largest absolute Gasteiger partial charge is 0.481 e. The topological polar surface area (TPSA) is 116 Å². The van der Waals surface area contributed by atoms with E-state index in [1.165, 1.54) is 4.90 Å². The van der Waals surface area contributed by atoms with Crippen LogP contribution >= 0.6 is 0 Å². The normalized spacial score (nSPS) is 22.7. The molecule has 0 radical (unpaired) electrons. The van der Waals surface area contributed by atoms with Crippen LogP contribution in [0.15, 0.2) is 17.0 Å². The maximum Gasteiger partial charge on any atom is 0.321 e. The van der Waals surface area contributed by atoms with Gasteiger partial charge < -0.3 is 15.3 Å². The van der Waals surface area contributed by atoms with Crippen molar-refractivity contribution in [3.63, 3.8) is 0 Å². The van der Waals surface area contributed by atoms with Crippen LogP contribution in [0, 0.1) is 19.3 Å². The Morgan fingerprint density at radius 2 is 1.93 bits per heavy atom. The lowest BCUT2D eigenvalue weighted by Gasteiger charge is -2.22. The molecule has 2 aliphatic rings. The number of nitrogens with zero attached hydrogens (tertiary/aromatic N) is 1. The Morgan fingerprint density at radius 1 is 1.26 bits per heavy atom. The average Bonchev–Trinajstić information content (AvgIpc) is 3.27. The van der Waals surface area contributed by atoms with Crippen LogP contribution in [0.2, 0.25) is 0 Å². The third-order valence-corrected chi connectivity index (χ3v) is 7.10. The number of aliphatic carboxylic acids is 1. The molecular weight excluding hydrogens is 370 g/mol. The van der Waals surface area contributed by atoms with Gasteiger partial charge in [-0.2, -0.15) is 0 Å². The molecule has 3 N–H and O–H groups in total. The Morgan fingerprint density at radius 3 is 2.48 bits per heavy atom. The fourth-order valence-electron chi connectivity index (χ4n) is 3.36. The highest BCUT2D eigenvalue weighted by molar-refractivity contribution is 7.89. The van der Waals surface area contributed by atoms with Crippen LogP contribution in [0.25, 0.3) is 0 Å². The van der Waals surface area contributed by atoms with Crippen molar-refractivity contribution in [2.45, 2.75) is 51.0 Å². The highest BCUT2D eigenvalue weighted by atomic mass is 32.2. The second-order valence-corrected chi connectivity index (χ2v) is 9.40. The smallest absolute Gasteiger partial charge is 0.321 e. The van der Waals surface area contributed by atoms with E-state index < -0.39 is 27.4 Å². The van der Waals surface area contributed by atoms with E-state index in [-0.39, 0.29) is 17.5 Å². The molecule has 0 aromatic heterocycles. The number of carboxylic acid groups (broad SMARTS) is 1. The predicted molar refractivity (Wildman–Crippen MR) is 100 cm³/mol. The van der Waals surface area contributed by atoms with Crippen molar-refractivity contribution in [3.8, 4) is 0 Å². The molecule has 2 amide bonds. The van der Waals surface area contributed by atoms with Crippen LogP contribution < -0.4 is 10.0 Å². The molecule has 1 saturated carbocycles. The second kappa shape index (κ2) is 6.79. The molecule has 1 aliphatic heterocycles. The molecule has 0 bridgehead atoms. The molecule has 2 fully saturated rings. The number of carboxylic acids is 1. The number of amides is 2. The molecule has 8 nitrogen and oxygen atoms in total. The lowest BCUT2D eigenvalue weighted by atomic mass is 9.90. The lowest BCUT2D eigenvalue weighted by molar-refractivity contribution is -0.146. The first-order chi connectivity index (χ1) is 12.5. The summed E-state index contributed by atoms with van der Waals surface area (Å²) in [6, 6.07) is 2.90. The number of nitrogens with one attached hydrogen (secondary N) is 2. The van der Waals surface area contributed by atoms with Gasteiger partial charge >= 0.3 is 12.0 Å². The fourth-order valence-corrected chi connectivity index (χ4v) is 5.16. The molecule has 27 heavy (non-hydrogen) atoms. The summed E-state index contributed by atoms with van der Waals surface area (Å²) < 4.78 is 28.0. The van der Waals surface area contributed by atoms with Gasteiger partial charge in [0.2, 0.25) is 10.0 Å². The van der Waals surface area contributed by atoms with Crippen molar-refractivity contribution in [1.82, 2.24) is 9.62 Å². The quantitative estimate of drug-likeness (QED) is 0.706. The number of carbonyl (C=O) groups excluding carboxylic acids is 1. The van der Waals surface area contributed by atoms with Gasteiger partial charge in [-0.3, -0.25) is 4.79 Å². The van der Waals surface area contributed by atoms with Gasteiger partial charge in [-0.25, -0.2) is 17.9 Å². The summed E-state index contributed by atoms with van der Waals surface area (Å²) >= 11 is 0. The van der Waals surface area contributed by atoms with E-state index >= 15 is 0 Å². The number of carbonyl (C=O) groups is 2. The van der Waals surface area contributed by atoms with Crippen LogP contribution in [0.3, 0.4) is 0 Å². The van der Waals surface area contributed by atoms with Crippen LogP contribution in [0.5, 0.6) is 0 Å². The number of urea groups is 1. The maximum absolute atomic E-state index is 12.7. The summed E-state index contributed by atoms with van der Waals surface area (Å²) in [4.78, 5) is 25.6. The van der Waals surface area contributed by atoms with Crippen molar-refractivity contribution >= 4 is 27.7 Å². The van der Waals surface area contributed by atoms with Crippen molar-refractivity contribution in [2.24, 2.45) is 5.41 Å². The van der Waals surface area contributed by atoms with Crippen molar-refractivity contribution in [1.29, 1.82) is 0 Å². The number of aryl methyl sites for hydroxylation is 1. The minimum absolute atomic E-state index is 0.00894. The Bertz CT molecular complexity index is 895. The van der Waals surface area contributed by atoms with Gasteiger partial charge in [0, 0.05) is 24.8 Å². The van der Waals surface area contributed by atoms with Crippen LogP contribution in [-0.2, 0) is 14.8 Å². The highest BCUT2D eigenvalue weighted by Gasteiger charge is 2.42. The first-order valence-electron chi connectivity index (χ1n) is 8.95. The average molecular weight is 395 g/mol. The first kappa shape index (κ1) is 19.6. The molecule has 1 unspecified atom stereocenters. The molecule has 1 aliphatic carbocycles. The van der Waals surface area contributed by atoms with Gasteiger partial charge in [-0.1, -0.05) is 6.07 Å². The molecule has 1 atom stereocenters. The molecule has 1 aromatic rings. The standard InChI is InChI=1S/C18H25N3O5S/c1-11-4-7-14(12(2)15(11)27(25,26)20-13-5-6-13)19-17(24)21-9-8-18(3,10-21)16(22)23/h4,7,13,20H,5-6,8-10H2,1-3H3,(H,19,24)(H,22,23). The molecule has 9 heteroatoms. The van der Waals surface area contributed by atoms with E-state index in [9.17, 15) is 23.1 Å². The summed E-state index contributed by atoms with van der Waals surface area (Å²) in [7, 11) is -3.66. The molecule has 0 spiro atoms. The van der Waals surface area contributed by atoms with Crippen molar-refractivity contribution < 1.29 is 23.1 Å². The minimum atomic E-state index is -3.66. The van der Waals surface area contributed by atoms with Crippen LogP contribution in [0.1, 0.15) is 37.3 Å². The predicted octanol–water partition coefficient (Wildman–Crippen LogP) is 2.07. The zero-order chi connectivity index (χ0) is 20.0. The van der Waals surface area contributed by atoms with E-state index in [0.717, 1.165) is 12.8 Å². The summed E-state index contributed by atoms with van der Waals surface area (Å²) in [5.74, 6) is -0.927. The summed E-state index contributed by atoms with van der Waals surface area (Å²) in [5.41, 5.74) is 0.531. The summed E-state index contributed by atoms with van der Waals surface area (Å²) in [6.07, 6.45) is 2.06. The number of anilines is 1. The van der Waals surface area contributed by atoms with E-state index in [0.29, 0.717) is 29.8 Å². The molecule has 1 heterocycles. The third-order valence-electron chi connectivity index (χ3n) is 5.29. The third kappa shape index (κ3) is 3.93. The number of hydrogen-bond acceptors (Lipinski definition) is 4. The monoisotopic (exact) mass is 395 g/mol. The van der Waals surface area contributed by atoms with Gasteiger partial charge in [0.15, 0.2) is 0 Å². The number of sulfonamides is 1. The van der Waals surface area contributed by atoms with E-state index in [1.54, 1.807) is 32.9 Å². The Hall–Kier alpha value is -2.13. The molecule has 3 rings (SSSR count). The Balaban J connectivity index is 1.81. The van der Waals surface area contributed by atoms with Gasteiger partial charge in [0.05, 0.1) is 10.3 Å². The Labute approximate surface area is 159 Å². The second-order valence-electron chi connectivity index (χ2n) is 7.75. The first-order valence-corrected chi connectivity index (χ1v) is 10.4. The zero-order valence-corrected chi connectivity index (χ0v) is 16.5. The van der Waals surface area contributed by atoms with Gasteiger partial charge in [-0.15, -0.1) is 0 Å². The number of rotatable bonds is 5. The SMILES string of the molecule is Cc1ccc(NC(=O)N2CCC(C)(C(=O)O)C2)c(C)c1S(=O)(=O)NC1CC1. The minimum Gasteiger partial charge on any atom is -0.481 e. The number of benzene rings is 1. The Kier molecular flexibility index (Phi) is 4.94. The van der Waals surface area contributed by atoms with E-state index in [2.05, 4.69) is 10.0 Å². The highest BCUT2D eigenvalue weighted by Crippen LogP contribution is 2.32. The molecular formula is C18H25N3O5S. The fraction of sp³-hybridized carbons (Fsp3) is 0.556. The van der Waals surface area contributed by atoms with Gasteiger partial charge in [-0.05, 0) is 57.2 Å². The lowest BCUT2D eigenvalue weighted by Crippen LogP contribution is -2.37. The maximum atomic E-state index is 12.7. The van der Waals surface area contributed by atoms with Crippen molar-refractivity contribution in [2.75, 3.05) is 18.4 Å². The summed E-state index contributed by atoms with van der Waals surface area (Å²) in [6.45, 7) is 5.46. The van der Waals surface area contributed by atoms with Crippen LogP contribution in [-0.4, -0.2) is 49.6 Å². The van der Waals surface area contributed by atoms with E-state index in [4.69, 9.17) is 0 Å². The number of hydrogen-bond donors (Lipinski definition) is 3. The summed E-state index contributed by atoms with van der Waals surface area (Å²) in [5, 5.41) is 12.0. The van der Waals surface area contributed by atoms with E-state index in [1.807, 2.05) is 0 Å². The van der Waals surface area contributed by atoms with Gasteiger partial charge in [0.25, 0.3) is 0 Å². The number of likely N-dealkylation sites (tertiary alicyclic amines) is 1. The molecule has 148 valence electrons. The zero-order valence-electron chi connectivity index (χ0n) is 15.7. The molecule has 1 saturated heterocycles.